The Morgan fingerprint density at radius 3 is 2.44 bits per heavy atom. The lowest BCUT2D eigenvalue weighted by Gasteiger charge is -2.08. The zero-order valence-electron chi connectivity index (χ0n) is 10.3. The third kappa shape index (κ3) is 2.49. The molecule has 90 valence electrons. The van der Waals surface area contributed by atoms with Crippen molar-refractivity contribution in [3.63, 3.8) is 0 Å². The van der Waals surface area contributed by atoms with E-state index in [0.29, 0.717) is 5.56 Å². The minimum absolute atomic E-state index is 0.119. The molecule has 1 aromatic carbocycles. The molecular formula is C15H13NOS. The molecule has 18 heavy (non-hydrogen) atoms. The molecular weight excluding hydrogens is 242 g/mol. The summed E-state index contributed by atoms with van der Waals surface area (Å²) in [6, 6.07) is 11.5. The van der Waals surface area contributed by atoms with Crippen LogP contribution in [0.25, 0.3) is 0 Å². The van der Waals surface area contributed by atoms with Crippen LogP contribution in [-0.2, 0) is 0 Å². The van der Waals surface area contributed by atoms with Crippen LogP contribution in [0, 0.1) is 25.2 Å². The lowest BCUT2D eigenvalue weighted by molar-refractivity contribution is 0.0979. The summed E-state index contributed by atoms with van der Waals surface area (Å²) in [7, 11) is 0. The van der Waals surface area contributed by atoms with Gasteiger partial charge in [-0.15, -0.1) is 11.3 Å². The van der Waals surface area contributed by atoms with Crippen LogP contribution < -0.4 is 0 Å². The van der Waals surface area contributed by atoms with Gasteiger partial charge in [-0.25, -0.2) is 0 Å². The van der Waals surface area contributed by atoms with Gasteiger partial charge in [0.05, 0.1) is 6.07 Å². The summed E-state index contributed by atoms with van der Waals surface area (Å²) in [6.07, 6.45) is 0. The molecule has 1 atom stereocenters. The minimum Gasteiger partial charge on any atom is -0.292 e. The summed E-state index contributed by atoms with van der Waals surface area (Å²) in [5, 5.41) is 11.1. The number of carbonyl (C=O) groups excluding carboxylic acids is 1. The number of ketones is 1. The van der Waals surface area contributed by atoms with E-state index in [1.807, 2.05) is 49.6 Å². The number of rotatable bonds is 3. The van der Waals surface area contributed by atoms with Gasteiger partial charge in [0.25, 0.3) is 0 Å². The fraction of sp³-hybridized carbons (Fsp3) is 0.200. The van der Waals surface area contributed by atoms with E-state index in [1.54, 1.807) is 0 Å². The number of nitrogens with zero attached hydrogens (tertiary/aromatic N) is 1. The van der Waals surface area contributed by atoms with E-state index < -0.39 is 5.92 Å². The first-order chi connectivity index (χ1) is 8.61. The van der Waals surface area contributed by atoms with Crippen LogP contribution in [-0.4, -0.2) is 5.78 Å². The highest BCUT2D eigenvalue weighted by atomic mass is 32.1. The maximum Gasteiger partial charge on any atom is 0.185 e. The van der Waals surface area contributed by atoms with E-state index in [-0.39, 0.29) is 5.78 Å². The first-order valence-electron chi connectivity index (χ1n) is 5.67. The predicted molar refractivity (Wildman–Crippen MR) is 72.9 cm³/mol. The number of nitriles is 1. The fourth-order valence-corrected chi connectivity index (χ4v) is 2.76. The van der Waals surface area contributed by atoms with Crippen molar-refractivity contribution < 1.29 is 4.79 Å². The van der Waals surface area contributed by atoms with Gasteiger partial charge in [-0.1, -0.05) is 23.3 Å². The summed E-state index contributed by atoms with van der Waals surface area (Å²) in [4.78, 5) is 13.2. The summed E-state index contributed by atoms with van der Waals surface area (Å²) in [5.74, 6) is -0.807. The van der Waals surface area contributed by atoms with E-state index in [4.69, 9.17) is 0 Å². The molecule has 0 bridgehead atoms. The average Bonchev–Trinajstić information content (AvgIpc) is 2.82. The molecule has 1 aromatic heterocycles. The number of hydrogen-bond donors (Lipinski definition) is 0. The van der Waals surface area contributed by atoms with Crippen LogP contribution in [0.2, 0.25) is 0 Å². The third-order valence-electron chi connectivity index (χ3n) is 2.73. The van der Waals surface area contributed by atoms with Crippen LogP contribution in [0.5, 0.6) is 0 Å². The van der Waals surface area contributed by atoms with Crippen molar-refractivity contribution in [3.05, 3.63) is 57.3 Å². The third-order valence-corrected chi connectivity index (χ3v) is 3.66. The molecule has 0 amide bonds. The van der Waals surface area contributed by atoms with Crippen LogP contribution in [0.1, 0.15) is 32.3 Å². The van der Waals surface area contributed by atoms with E-state index >= 15 is 0 Å². The lowest BCUT2D eigenvalue weighted by Crippen LogP contribution is -2.10. The Labute approximate surface area is 111 Å². The van der Waals surface area contributed by atoms with E-state index in [2.05, 4.69) is 6.07 Å². The second-order valence-electron chi connectivity index (χ2n) is 4.32. The summed E-state index contributed by atoms with van der Waals surface area (Å²) >= 11 is 1.44. The molecule has 0 radical (unpaired) electrons. The first kappa shape index (κ1) is 12.5. The van der Waals surface area contributed by atoms with Gasteiger partial charge < -0.3 is 0 Å². The average molecular weight is 255 g/mol. The molecule has 1 heterocycles. The van der Waals surface area contributed by atoms with Crippen molar-refractivity contribution in [2.24, 2.45) is 0 Å². The molecule has 2 aromatic rings. The normalized spacial score (nSPS) is 11.8. The maximum atomic E-state index is 12.4. The summed E-state index contributed by atoms with van der Waals surface area (Å²) in [5.41, 5.74) is 2.70. The van der Waals surface area contributed by atoms with Crippen LogP contribution in [0.3, 0.4) is 0 Å². The Bertz CT molecular complexity index is 588. The molecule has 1 unspecified atom stereocenters. The van der Waals surface area contributed by atoms with Gasteiger partial charge in [0, 0.05) is 10.4 Å². The fourth-order valence-electron chi connectivity index (χ4n) is 1.99. The second kappa shape index (κ2) is 5.16. The monoisotopic (exact) mass is 255 g/mol. The number of carbonyl (C=O) groups is 1. The van der Waals surface area contributed by atoms with Gasteiger partial charge >= 0.3 is 0 Å². The van der Waals surface area contributed by atoms with Gasteiger partial charge in [0.1, 0.15) is 5.92 Å². The van der Waals surface area contributed by atoms with Crippen molar-refractivity contribution >= 4 is 17.1 Å². The van der Waals surface area contributed by atoms with Gasteiger partial charge in [0.15, 0.2) is 5.78 Å². The van der Waals surface area contributed by atoms with E-state index in [9.17, 15) is 10.1 Å². The lowest BCUT2D eigenvalue weighted by atomic mass is 9.95. The molecule has 0 spiro atoms. The Kier molecular flexibility index (Phi) is 3.59. The minimum atomic E-state index is -0.689. The van der Waals surface area contributed by atoms with Crippen molar-refractivity contribution in [1.29, 1.82) is 5.26 Å². The van der Waals surface area contributed by atoms with E-state index in [0.717, 1.165) is 16.0 Å². The maximum absolute atomic E-state index is 12.4. The molecule has 0 aliphatic heterocycles. The highest BCUT2D eigenvalue weighted by molar-refractivity contribution is 7.10. The summed E-state index contributed by atoms with van der Waals surface area (Å²) < 4.78 is 0. The van der Waals surface area contributed by atoms with Crippen LogP contribution >= 0.6 is 11.3 Å². The highest BCUT2D eigenvalue weighted by Gasteiger charge is 2.22. The number of thiophene rings is 1. The zero-order valence-corrected chi connectivity index (χ0v) is 11.1. The molecule has 3 heteroatoms. The van der Waals surface area contributed by atoms with E-state index in [1.165, 1.54) is 11.3 Å². The molecule has 0 saturated carbocycles. The Balaban J connectivity index is 2.39. The number of aryl methyl sites for hydroxylation is 2. The van der Waals surface area contributed by atoms with Gasteiger partial charge in [-0.3, -0.25) is 4.79 Å². The largest absolute Gasteiger partial charge is 0.292 e. The van der Waals surface area contributed by atoms with Crippen molar-refractivity contribution in [2.45, 2.75) is 19.8 Å². The topological polar surface area (TPSA) is 40.9 Å². The summed E-state index contributed by atoms with van der Waals surface area (Å²) in [6.45, 7) is 3.91. The molecule has 2 nitrogen and oxygen atoms in total. The van der Waals surface area contributed by atoms with Crippen molar-refractivity contribution in [3.8, 4) is 6.07 Å². The highest BCUT2D eigenvalue weighted by Crippen LogP contribution is 2.25. The Morgan fingerprint density at radius 1 is 1.28 bits per heavy atom. The van der Waals surface area contributed by atoms with Gasteiger partial charge in [-0.2, -0.15) is 5.26 Å². The quantitative estimate of drug-likeness (QED) is 0.781. The molecule has 2 rings (SSSR count). The van der Waals surface area contributed by atoms with Crippen LogP contribution in [0.15, 0.2) is 35.7 Å². The predicted octanol–water partition coefficient (Wildman–Crippen LogP) is 3.86. The molecule has 0 aliphatic carbocycles. The Hall–Kier alpha value is -1.92. The van der Waals surface area contributed by atoms with Crippen LogP contribution in [0.4, 0.5) is 0 Å². The zero-order chi connectivity index (χ0) is 13.1. The molecule has 0 aliphatic rings. The number of hydrogen-bond acceptors (Lipinski definition) is 3. The molecule has 0 saturated heterocycles. The number of benzene rings is 1. The molecule has 0 N–H and O–H groups in total. The number of Topliss-reactive ketones (excluding diaryl/α,β-unsaturated/α-hetero) is 1. The first-order valence-corrected chi connectivity index (χ1v) is 6.55. The SMILES string of the molecule is Cc1cc(C)cc(C(=O)C(C#N)c2cccs2)c1. The Morgan fingerprint density at radius 2 is 1.94 bits per heavy atom. The van der Waals surface area contributed by atoms with Gasteiger partial charge in [-0.05, 0) is 37.4 Å². The standard InChI is InChI=1S/C15H13NOS/c1-10-6-11(2)8-12(7-10)15(17)13(9-16)14-4-3-5-18-14/h3-8,13H,1-2H3. The van der Waals surface area contributed by atoms with Gasteiger partial charge in [0.2, 0.25) is 0 Å². The second-order valence-corrected chi connectivity index (χ2v) is 5.30. The van der Waals surface area contributed by atoms with Crippen molar-refractivity contribution in [1.82, 2.24) is 0 Å². The van der Waals surface area contributed by atoms with Crippen molar-refractivity contribution in [2.75, 3.05) is 0 Å². The smallest absolute Gasteiger partial charge is 0.185 e. The molecule has 0 fully saturated rings.